The van der Waals surface area contributed by atoms with Crippen molar-refractivity contribution in [1.82, 2.24) is 0 Å². The predicted molar refractivity (Wildman–Crippen MR) is 110 cm³/mol. The van der Waals surface area contributed by atoms with E-state index in [1.165, 1.54) is 52.8 Å². The van der Waals surface area contributed by atoms with Gasteiger partial charge >= 0.3 is 0 Å². The van der Waals surface area contributed by atoms with Crippen LogP contribution in [-0.2, 0) is 0 Å². The molecule has 0 radical (unpaired) electrons. The number of Topliss-reactive ketones (excluding diaryl/α,β-unsaturated/α-hetero) is 5. The summed E-state index contributed by atoms with van der Waals surface area (Å²) in [6.07, 6.45) is 0. The zero-order valence-corrected chi connectivity index (χ0v) is 17.1. The van der Waals surface area contributed by atoms with E-state index in [9.17, 15) is 28.8 Å². The fourth-order valence-electron chi connectivity index (χ4n) is 3.68. The summed E-state index contributed by atoms with van der Waals surface area (Å²) < 4.78 is 5.87. The Morgan fingerprint density at radius 2 is 1.10 bits per heavy atom. The molecular formula is C23H18O7. The molecule has 7 heteroatoms. The van der Waals surface area contributed by atoms with E-state index >= 15 is 0 Å². The second-order valence-electron chi connectivity index (χ2n) is 7.13. The molecule has 0 saturated heterocycles. The smallest absolute Gasteiger partial charge is 0.200 e. The van der Waals surface area contributed by atoms with E-state index in [4.69, 9.17) is 4.42 Å². The lowest BCUT2D eigenvalue weighted by Crippen LogP contribution is -2.16. The Hall–Kier alpha value is -3.74. The molecule has 3 aromatic rings. The molecule has 7 nitrogen and oxygen atoms in total. The van der Waals surface area contributed by atoms with Crippen LogP contribution >= 0.6 is 0 Å². The largest absolute Gasteiger partial charge is 0.454 e. The van der Waals surface area contributed by atoms with Gasteiger partial charge < -0.3 is 4.42 Å². The Labute approximate surface area is 170 Å². The zero-order chi connectivity index (χ0) is 22.5. The maximum Gasteiger partial charge on any atom is 0.200 e. The van der Waals surface area contributed by atoms with Crippen molar-refractivity contribution in [2.24, 2.45) is 0 Å². The molecular weight excluding hydrogens is 388 g/mol. The van der Waals surface area contributed by atoms with Crippen molar-refractivity contribution in [2.45, 2.75) is 34.6 Å². The number of carbonyl (C=O) groups excluding carboxylic acids is 5. The average molecular weight is 406 g/mol. The van der Waals surface area contributed by atoms with Gasteiger partial charge in [-0.05, 0) is 52.8 Å². The Balaban J connectivity index is 2.73. The zero-order valence-electron chi connectivity index (χ0n) is 17.1. The van der Waals surface area contributed by atoms with E-state index in [1.54, 1.807) is 0 Å². The van der Waals surface area contributed by atoms with Gasteiger partial charge in [-0.2, -0.15) is 0 Å². The van der Waals surface area contributed by atoms with Crippen molar-refractivity contribution in [3.8, 4) is 0 Å². The summed E-state index contributed by atoms with van der Waals surface area (Å²) in [5, 5.41) is -0.0368. The van der Waals surface area contributed by atoms with Crippen LogP contribution in [0.15, 0.2) is 27.4 Å². The number of hydrogen-bond acceptors (Lipinski definition) is 7. The Bertz CT molecular complexity index is 1390. The minimum Gasteiger partial charge on any atom is -0.454 e. The van der Waals surface area contributed by atoms with Gasteiger partial charge in [0.15, 0.2) is 28.9 Å². The summed E-state index contributed by atoms with van der Waals surface area (Å²) in [7, 11) is 0. The van der Waals surface area contributed by atoms with Crippen LogP contribution in [0.3, 0.4) is 0 Å². The van der Waals surface area contributed by atoms with Gasteiger partial charge in [0.25, 0.3) is 0 Å². The summed E-state index contributed by atoms with van der Waals surface area (Å²) in [5.74, 6) is -2.50. The number of carbonyl (C=O) groups is 5. The molecule has 0 aliphatic heterocycles. The first-order chi connectivity index (χ1) is 14.0. The Morgan fingerprint density at radius 1 is 0.600 bits per heavy atom. The molecule has 0 bridgehead atoms. The number of ketones is 5. The predicted octanol–water partition coefficient (Wildman–Crippen LogP) is 3.96. The van der Waals surface area contributed by atoms with Crippen LogP contribution in [0.4, 0.5) is 0 Å². The molecule has 0 atom stereocenters. The molecule has 0 aliphatic rings. The monoisotopic (exact) mass is 406 g/mol. The number of rotatable bonds is 5. The summed E-state index contributed by atoms with van der Waals surface area (Å²) in [6.45, 7) is 6.13. The average Bonchev–Trinajstić information content (AvgIpc) is 2.65. The van der Waals surface area contributed by atoms with Gasteiger partial charge in [0, 0.05) is 16.7 Å². The van der Waals surface area contributed by atoms with Crippen LogP contribution in [0.5, 0.6) is 0 Å². The molecule has 0 saturated carbocycles. The van der Waals surface area contributed by atoms with E-state index in [2.05, 4.69) is 0 Å². The summed E-state index contributed by atoms with van der Waals surface area (Å²) in [5.41, 5.74) is -1.31. The minimum atomic E-state index is -0.581. The van der Waals surface area contributed by atoms with E-state index in [0.29, 0.717) is 0 Å². The fourth-order valence-corrected chi connectivity index (χ4v) is 3.68. The molecule has 0 aliphatic carbocycles. The first-order valence-electron chi connectivity index (χ1n) is 9.12. The standard InChI is InChI=1S/C23H18O7/c1-9(24)14-6-7-15-21(29)17-8-16(10(2)25)18(11(3)26)20(13(5)28)23(17)30-22(15)19(14)12(4)27/h6-8H,1-5H3. The molecule has 1 aromatic heterocycles. The molecule has 0 amide bonds. The third-order valence-electron chi connectivity index (χ3n) is 4.95. The summed E-state index contributed by atoms with van der Waals surface area (Å²) in [4.78, 5) is 74.4. The van der Waals surface area contributed by atoms with Gasteiger partial charge in [-0.25, -0.2) is 0 Å². The quantitative estimate of drug-likeness (QED) is 0.465. The highest BCUT2D eigenvalue weighted by Crippen LogP contribution is 2.31. The highest BCUT2D eigenvalue weighted by molar-refractivity contribution is 6.21. The Morgan fingerprint density at radius 3 is 1.57 bits per heavy atom. The first kappa shape index (κ1) is 21.0. The highest BCUT2D eigenvalue weighted by atomic mass is 16.3. The number of benzene rings is 2. The van der Waals surface area contributed by atoms with E-state index in [0.717, 1.165) is 0 Å². The van der Waals surface area contributed by atoms with Crippen molar-refractivity contribution >= 4 is 50.9 Å². The minimum absolute atomic E-state index is 0.0253. The molecule has 0 unspecified atom stereocenters. The van der Waals surface area contributed by atoms with Gasteiger partial charge in [0.2, 0.25) is 5.43 Å². The van der Waals surface area contributed by atoms with Crippen LogP contribution in [0.1, 0.15) is 86.4 Å². The molecule has 1 heterocycles. The van der Waals surface area contributed by atoms with Gasteiger partial charge in [-0.15, -0.1) is 0 Å². The van der Waals surface area contributed by atoms with Crippen LogP contribution in [0, 0.1) is 0 Å². The van der Waals surface area contributed by atoms with E-state index < -0.39 is 34.3 Å². The van der Waals surface area contributed by atoms with Crippen LogP contribution in [0.2, 0.25) is 0 Å². The topological polar surface area (TPSA) is 116 Å². The molecule has 2 aromatic carbocycles. The second-order valence-corrected chi connectivity index (χ2v) is 7.13. The first-order valence-corrected chi connectivity index (χ1v) is 9.12. The second kappa shape index (κ2) is 7.26. The number of hydrogen-bond donors (Lipinski definition) is 0. The molecule has 0 spiro atoms. The molecule has 0 N–H and O–H groups in total. The maximum atomic E-state index is 13.2. The summed E-state index contributed by atoms with van der Waals surface area (Å²) in [6, 6.07) is 3.97. The Kier molecular flexibility index (Phi) is 5.08. The van der Waals surface area contributed by atoms with Gasteiger partial charge in [-0.3, -0.25) is 28.8 Å². The molecule has 30 heavy (non-hydrogen) atoms. The molecule has 0 fully saturated rings. The lowest BCUT2D eigenvalue weighted by atomic mass is 9.90. The third-order valence-corrected chi connectivity index (χ3v) is 4.95. The van der Waals surface area contributed by atoms with Crippen molar-refractivity contribution in [1.29, 1.82) is 0 Å². The van der Waals surface area contributed by atoms with Crippen molar-refractivity contribution in [3.63, 3.8) is 0 Å². The maximum absolute atomic E-state index is 13.2. The lowest BCUT2D eigenvalue weighted by molar-refractivity contribution is 0.0968. The van der Waals surface area contributed by atoms with Crippen LogP contribution in [-0.4, -0.2) is 28.9 Å². The van der Waals surface area contributed by atoms with Crippen LogP contribution in [0.25, 0.3) is 21.9 Å². The van der Waals surface area contributed by atoms with Gasteiger partial charge in [-0.1, -0.05) is 0 Å². The normalized spacial score (nSPS) is 11.0. The van der Waals surface area contributed by atoms with Crippen LogP contribution < -0.4 is 5.43 Å². The van der Waals surface area contributed by atoms with Crippen molar-refractivity contribution in [3.05, 3.63) is 56.2 Å². The SMILES string of the molecule is CC(=O)c1cc2c(=O)c3ccc(C(C)=O)c(C(C)=O)c3oc2c(C(C)=O)c1C(C)=O. The third kappa shape index (κ3) is 3.08. The van der Waals surface area contributed by atoms with Crippen molar-refractivity contribution < 1.29 is 28.4 Å². The lowest BCUT2D eigenvalue weighted by Gasteiger charge is -2.14. The molecule has 152 valence electrons. The van der Waals surface area contributed by atoms with Gasteiger partial charge in [0.1, 0.15) is 11.2 Å². The molecule has 3 rings (SSSR count). The highest BCUT2D eigenvalue weighted by Gasteiger charge is 2.27. The fraction of sp³-hybridized carbons (Fsp3) is 0.217. The number of fused-ring (bicyclic) bond motifs is 2. The van der Waals surface area contributed by atoms with E-state index in [1.807, 2.05) is 0 Å². The van der Waals surface area contributed by atoms with Crippen molar-refractivity contribution in [2.75, 3.05) is 0 Å². The van der Waals surface area contributed by atoms with E-state index in [-0.39, 0.29) is 49.8 Å². The van der Waals surface area contributed by atoms with Gasteiger partial charge in [0.05, 0.1) is 21.9 Å². The summed E-state index contributed by atoms with van der Waals surface area (Å²) >= 11 is 0.